The molecule has 4 aromatic rings. The van der Waals surface area contributed by atoms with Crippen molar-refractivity contribution >= 4 is 45.7 Å². The van der Waals surface area contributed by atoms with Gasteiger partial charge in [0, 0.05) is 11.6 Å². The van der Waals surface area contributed by atoms with Gasteiger partial charge in [0.05, 0.1) is 16.4 Å². The Bertz CT molecular complexity index is 1090. The van der Waals surface area contributed by atoms with Gasteiger partial charge in [-0.05, 0) is 29.8 Å². The molecule has 0 amide bonds. The van der Waals surface area contributed by atoms with Crippen LogP contribution < -0.4 is 5.56 Å². The Labute approximate surface area is 150 Å². The van der Waals surface area contributed by atoms with Crippen LogP contribution >= 0.6 is 34.7 Å². The Morgan fingerprint density at radius 3 is 2.75 bits per heavy atom. The minimum absolute atomic E-state index is 0.197. The van der Waals surface area contributed by atoms with Crippen molar-refractivity contribution in [2.45, 2.75) is 5.16 Å². The molecule has 0 saturated heterocycles. The number of para-hydroxylation sites is 1. The number of halogens is 1. The molecular weight excluding hydrogens is 364 g/mol. The molecule has 0 bridgehead atoms. The maximum Gasteiger partial charge on any atom is 0.282 e. The third-order valence-corrected chi connectivity index (χ3v) is 5.14. The van der Waals surface area contributed by atoms with E-state index in [-0.39, 0.29) is 5.56 Å². The van der Waals surface area contributed by atoms with E-state index in [0.717, 1.165) is 5.69 Å². The molecule has 0 atom stereocenters. The van der Waals surface area contributed by atoms with Crippen molar-refractivity contribution in [1.29, 1.82) is 0 Å². The van der Waals surface area contributed by atoms with Crippen LogP contribution in [0.1, 0.15) is 0 Å². The minimum Gasteiger partial charge on any atom is -0.267 e. The van der Waals surface area contributed by atoms with Crippen LogP contribution in [0.3, 0.4) is 0 Å². The number of thiophene rings is 1. The normalized spacial score (nSPS) is 11.2. The third kappa shape index (κ3) is 2.36. The topological polar surface area (TPSA) is 52.7 Å². The summed E-state index contributed by atoms with van der Waals surface area (Å²) in [6, 6.07) is 9.20. The van der Waals surface area contributed by atoms with Crippen LogP contribution in [0.25, 0.3) is 22.4 Å². The highest BCUT2D eigenvalue weighted by molar-refractivity contribution is 7.98. The van der Waals surface area contributed by atoms with Crippen LogP contribution in [0.2, 0.25) is 5.02 Å². The van der Waals surface area contributed by atoms with Gasteiger partial charge >= 0.3 is 0 Å². The molecule has 0 aliphatic rings. The number of hydrogen-bond acceptors (Lipinski definition) is 5. The van der Waals surface area contributed by atoms with E-state index in [1.807, 2.05) is 41.3 Å². The van der Waals surface area contributed by atoms with Crippen molar-refractivity contribution in [3.63, 3.8) is 0 Å². The summed E-state index contributed by atoms with van der Waals surface area (Å²) < 4.78 is 3.34. The highest BCUT2D eigenvalue weighted by Gasteiger charge is 2.20. The second kappa shape index (κ2) is 6.08. The lowest BCUT2D eigenvalue weighted by atomic mass is 10.3. The Morgan fingerprint density at radius 2 is 2.04 bits per heavy atom. The fraction of sp³-hybridized carbons (Fsp3) is 0.0625. The Kier molecular flexibility index (Phi) is 3.91. The Morgan fingerprint density at radius 1 is 1.21 bits per heavy atom. The molecule has 1 aromatic carbocycles. The van der Waals surface area contributed by atoms with Crippen molar-refractivity contribution in [2.24, 2.45) is 0 Å². The van der Waals surface area contributed by atoms with Gasteiger partial charge in [-0.3, -0.25) is 4.79 Å². The predicted octanol–water partition coefficient (Wildman–Crippen LogP) is 4.01. The molecule has 0 unspecified atom stereocenters. The Hall–Kier alpha value is -2.09. The number of hydrogen-bond donors (Lipinski definition) is 0. The van der Waals surface area contributed by atoms with E-state index in [4.69, 9.17) is 11.6 Å². The Balaban J connectivity index is 2.17. The number of fused-ring (bicyclic) bond motifs is 1. The summed E-state index contributed by atoms with van der Waals surface area (Å²) >= 11 is 9.33. The molecule has 3 aromatic heterocycles. The summed E-state index contributed by atoms with van der Waals surface area (Å²) in [6.45, 7) is 0. The second-order valence-corrected chi connectivity index (χ2v) is 6.92. The summed E-state index contributed by atoms with van der Waals surface area (Å²) in [5.74, 6) is 0. The van der Waals surface area contributed by atoms with Crippen molar-refractivity contribution in [3.8, 4) is 11.4 Å². The van der Waals surface area contributed by atoms with Gasteiger partial charge in [-0.25, -0.2) is 19.3 Å². The zero-order valence-electron chi connectivity index (χ0n) is 12.5. The summed E-state index contributed by atoms with van der Waals surface area (Å²) in [7, 11) is 0. The molecule has 0 N–H and O–H groups in total. The van der Waals surface area contributed by atoms with Gasteiger partial charge in [0.25, 0.3) is 5.56 Å². The first-order valence-electron chi connectivity index (χ1n) is 7.03. The number of aromatic nitrogens is 4. The molecule has 8 heteroatoms. The van der Waals surface area contributed by atoms with E-state index < -0.39 is 0 Å². The summed E-state index contributed by atoms with van der Waals surface area (Å²) in [5.41, 5.74) is 1.84. The molecule has 0 spiro atoms. The maximum atomic E-state index is 13.0. The summed E-state index contributed by atoms with van der Waals surface area (Å²) in [4.78, 5) is 21.8. The van der Waals surface area contributed by atoms with Gasteiger partial charge in [-0.1, -0.05) is 35.5 Å². The average Bonchev–Trinajstić information content (AvgIpc) is 3.22. The molecule has 3 heterocycles. The quantitative estimate of drug-likeness (QED) is 0.401. The zero-order chi connectivity index (χ0) is 16.7. The zero-order valence-corrected chi connectivity index (χ0v) is 14.9. The summed E-state index contributed by atoms with van der Waals surface area (Å²) in [6.07, 6.45) is 3.48. The highest BCUT2D eigenvalue weighted by atomic mass is 35.5. The van der Waals surface area contributed by atoms with Crippen molar-refractivity contribution in [1.82, 2.24) is 19.3 Å². The van der Waals surface area contributed by atoms with E-state index in [0.29, 0.717) is 26.9 Å². The number of nitrogens with zero attached hydrogens (tertiary/aromatic N) is 4. The molecule has 4 rings (SSSR count). The van der Waals surface area contributed by atoms with Gasteiger partial charge in [-0.15, -0.1) is 0 Å². The standard InChI is InChI=1S/C16H11ClN4OS2/c1-23-16-18-8-11-14(19-16)20(10-6-7-24-9-10)21(15(11)22)13-5-3-2-4-12(13)17/h2-9H,1H3. The smallest absolute Gasteiger partial charge is 0.267 e. The molecule has 0 saturated carbocycles. The van der Waals surface area contributed by atoms with Gasteiger partial charge in [-0.2, -0.15) is 11.3 Å². The molecule has 0 fully saturated rings. The van der Waals surface area contributed by atoms with E-state index >= 15 is 0 Å². The largest absolute Gasteiger partial charge is 0.282 e. The first-order valence-corrected chi connectivity index (χ1v) is 9.57. The molecule has 0 aliphatic heterocycles. The van der Waals surface area contributed by atoms with E-state index in [1.54, 1.807) is 33.0 Å². The maximum absolute atomic E-state index is 13.0. The van der Waals surface area contributed by atoms with Gasteiger partial charge in [0.15, 0.2) is 10.8 Å². The van der Waals surface area contributed by atoms with Gasteiger partial charge in [0.1, 0.15) is 5.39 Å². The predicted molar refractivity (Wildman–Crippen MR) is 99.1 cm³/mol. The molecule has 120 valence electrons. The van der Waals surface area contributed by atoms with E-state index in [2.05, 4.69) is 9.97 Å². The first-order chi connectivity index (χ1) is 11.7. The third-order valence-electron chi connectivity index (χ3n) is 3.58. The van der Waals surface area contributed by atoms with Crippen LogP contribution in [0.4, 0.5) is 0 Å². The van der Waals surface area contributed by atoms with E-state index in [9.17, 15) is 4.79 Å². The van der Waals surface area contributed by atoms with E-state index in [1.165, 1.54) is 11.8 Å². The SMILES string of the molecule is CSc1ncc2c(=O)n(-c3ccccc3Cl)n(-c3ccsc3)c2n1. The number of rotatable bonds is 3. The lowest BCUT2D eigenvalue weighted by Gasteiger charge is -2.12. The first kappa shape index (κ1) is 15.4. The second-order valence-electron chi connectivity index (χ2n) is 4.96. The number of thioether (sulfide) groups is 1. The van der Waals surface area contributed by atoms with Crippen LogP contribution in [0.5, 0.6) is 0 Å². The van der Waals surface area contributed by atoms with Gasteiger partial charge < -0.3 is 0 Å². The minimum atomic E-state index is -0.197. The number of benzene rings is 1. The lowest BCUT2D eigenvalue weighted by Crippen LogP contribution is -2.20. The fourth-order valence-corrected chi connectivity index (χ4v) is 3.69. The molecule has 24 heavy (non-hydrogen) atoms. The summed E-state index contributed by atoms with van der Waals surface area (Å²) in [5, 5.41) is 5.49. The van der Waals surface area contributed by atoms with Crippen molar-refractivity contribution in [2.75, 3.05) is 6.26 Å². The highest BCUT2D eigenvalue weighted by Crippen LogP contribution is 2.25. The lowest BCUT2D eigenvalue weighted by molar-refractivity contribution is 0.735. The molecular formula is C16H11ClN4OS2. The fourth-order valence-electron chi connectivity index (χ4n) is 2.52. The van der Waals surface area contributed by atoms with Gasteiger partial charge in [0.2, 0.25) is 0 Å². The molecule has 0 radical (unpaired) electrons. The van der Waals surface area contributed by atoms with Crippen molar-refractivity contribution in [3.05, 3.63) is 62.7 Å². The van der Waals surface area contributed by atoms with Crippen LogP contribution in [0.15, 0.2) is 57.2 Å². The molecule has 0 aliphatic carbocycles. The van der Waals surface area contributed by atoms with Crippen molar-refractivity contribution < 1.29 is 0 Å². The van der Waals surface area contributed by atoms with Crippen LogP contribution in [-0.2, 0) is 0 Å². The van der Waals surface area contributed by atoms with Crippen LogP contribution in [-0.4, -0.2) is 25.6 Å². The van der Waals surface area contributed by atoms with Crippen LogP contribution in [0, 0.1) is 0 Å². The molecule has 5 nitrogen and oxygen atoms in total. The monoisotopic (exact) mass is 374 g/mol. The average molecular weight is 375 g/mol.